The molecule has 1 fully saturated rings. The predicted molar refractivity (Wildman–Crippen MR) is 68.6 cm³/mol. The van der Waals surface area contributed by atoms with E-state index in [1.807, 2.05) is 0 Å². The third-order valence-electron chi connectivity index (χ3n) is 3.21. The fourth-order valence-electron chi connectivity index (χ4n) is 1.90. The van der Waals surface area contributed by atoms with Crippen molar-refractivity contribution in [2.75, 3.05) is 13.1 Å². The maximum Gasteiger partial charge on any atom is 0.162 e. The first-order valence-electron chi connectivity index (χ1n) is 6.56. The van der Waals surface area contributed by atoms with Gasteiger partial charge in [0, 0.05) is 18.6 Å². The second-order valence-corrected chi connectivity index (χ2v) is 5.00. The van der Waals surface area contributed by atoms with Crippen LogP contribution >= 0.6 is 0 Å². The van der Waals surface area contributed by atoms with Gasteiger partial charge in [0.25, 0.3) is 0 Å². The first-order valence-corrected chi connectivity index (χ1v) is 6.56. The molecule has 1 aliphatic rings. The number of halogens is 2. The van der Waals surface area contributed by atoms with Gasteiger partial charge in [-0.1, -0.05) is 12.1 Å². The topological polar surface area (TPSA) is 24.1 Å². The van der Waals surface area contributed by atoms with Crippen molar-refractivity contribution in [2.45, 2.75) is 38.3 Å². The van der Waals surface area contributed by atoms with Crippen LogP contribution in [0.15, 0.2) is 18.2 Å². The molecule has 1 saturated carbocycles. The Kier molecular flexibility index (Phi) is 4.66. The third kappa shape index (κ3) is 4.03. The first-order chi connectivity index (χ1) is 8.66. The fourth-order valence-corrected chi connectivity index (χ4v) is 1.90. The molecule has 0 saturated heterocycles. The Morgan fingerprint density at radius 3 is 2.83 bits per heavy atom. The van der Waals surface area contributed by atoms with E-state index in [-0.39, 0.29) is 0 Å². The highest BCUT2D eigenvalue weighted by Gasteiger charge is 2.20. The Bertz CT molecular complexity index is 391. The lowest BCUT2D eigenvalue weighted by molar-refractivity contribution is 0.482. The van der Waals surface area contributed by atoms with Crippen molar-refractivity contribution in [2.24, 2.45) is 0 Å². The summed E-state index contributed by atoms with van der Waals surface area (Å²) in [4.78, 5) is 0. The van der Waals surface area contributed by atoms with Crippen molar-refractivity contribution in [1.82, 2.24) is 10.6 Å². The number of hydrogen-bond acceptors (Lipinski definition) is 2. The molecule has 0 heterocycles. The SMILES string of the molecule is CC(CNC1CC1)NCCc1cccc(F)c1F. The van der Waals surface area contributed by atoms with E-state index in [9.17, 15) is 8.78 Å². The molecule has 4 heteroatoms. The molecule has 0 radical (unpaired) electrons. The molecular weight excluding hydrogens is 234 g/mol. The maximum atomic E-state index is 13.4. The van der Waals surface area contributed by atoms with Gasteiger partial charge in [-0.05, 0) is 44.4 Å². The summed E-state index contributed by atoms with van der Waals surface area (Å²) in [6, 6.07) is 5.38. The van der Waals surface area contributed by atoms with Gasteiger partial charge in [-0.2, -0.15) is 0 Å². The number of hydrogen-bond donors (Lipinski definition) is 2. The molecule has 2 nitrogen and oxygen atoms in total. The van der Waals surface area contributed by atoms with Gasteiger partial charge in [-0.3, -0.25) is 0 Å². The van der Waals surface area contributed by atoms with E-state index in [0.29, 0.717) is 30.6 Å². The molecule has 0 aliphatic heterocycles. The molecular formula is C14H20F2N2. The number of benzene rings is 1. The summed E-state index contributed by atoms with van der Waals surface area (Å²) in [5.74, 6) is -1.49. The van der Waals surface area contributed by atoms with Crippen LogP contribution in [0.1, 0.15) is 25.3 Å². The van der Waals surface area contributed by atoms with E-state index in [2.05, 4.69) is 17.6 Å². The monoisotopic (exact) mass is 254 g/mol. The van der Waals surface area contributed by atoms with Crippen LogP contribution in [0.3, 0.4) is 0 Å². The first kappa shape index (κ1) is 13.4. The van der Waals surface area contributed by atoms with Gasteiger partial charge in [0.1, 0.15) is 0 Å². The van der Waals surface area contributed by atoms with Gasteiger partial charge >= 0.3 is 0 Å². The lowest BCUT2D eigenvalue weighted by Crippen LogP contribution is -2.38. The zero-order valence-electron chi connectivity index (χ0n) is 10.7. The van der Waals surface area contributed by atoms with Crippen molar-refractivity contribution >= 4 is 0 Å². The largest absolute Gasteiger partial charge is 0.313 e. The lowest BCUT2D eigenvalue weighted by atomic mass is 10.1. The van der Waals surface area contributed by atoms with E-state index >= 15 is 0 Å². The standard InChI is InChI=1S/C14H20F2N2/c1-10(9-18-12-5-6-12)17-8-7-11-3-2-4-13(15)14(11)16/h2-4,10,12,17-18H,5-9H2,1H3. The number of rotatable bonds is 7. The van der Waals surface area contributed by atoms with E-state index < -0.39 is 11.6 Å². The van der Waals surface area contributed by atoms with Crippen LogP contribution in [0.5, 0.6) is 0 Å². The molecule has 0 aromatic heterocycles. The average Bonchev–Trinajstić information content (AvgIpc) is 3.16. The summed E-state index contributed by atoms with van der Waals surface area (Å²) in [7, 11) is 0. The molecule has 2 rings (SSSR count). The highest BCUT2D eigenvalue weighted by Crippen LogP contribution is 2.18. The molecule has 1 unspecified atom stereocenters. The smallest absolute Gasteiger partial charge is 0.162 e. The molecule has 100 valence electrons. The number of nitrogens with one attached hydrogen (secondary N) is 2. The third-order valence-corrected chi connectivity index (χ3v) is 3.21. The van der Waals surface area contributed by atoms with Crippen molar-refractivity contribution in [3.8, 4) is 0 Å². The summed E-state index contributed by atoms with van der Waals surface area (Å²) in [5, 5.41) is 6.74. The molecule has 0 spiro atoms. The fraction of sp³-hybridized carbons (Fsp3) is 0.571. The molecule has 1 atom stereocenters. The van der Waals surface area contributed by atoms with Crippen LogP contribution < -0.4 is 10.6 Å². The minimum atomic E-state index is -0.768. The lowest BCUT2D eigenvalue weighted by Gasteiger charge is -2.14. The van der Waals surface area contributed by atoms with Gasteiger partial charge in [-0.15, -0.1) is 0 Å². The van der Waals surface area contributed by atoms with E-state index in [0.717, 1.165) is 12.6 Å². The summed E-state index contributed by atoms with van der Waals surface area (Å²) in [6.45, 7) is 3.68. The Morgan fingerprint density at radius 2 is 2.11 bits per heavy atom. The molecule has 1 aromatic carbocycles. The van der Waals surface area contributed by atoms with E-state index in [1.54, 1.807) is 12.1 Å². The summed E-state index contributed by atoms with van der Waals surface area (Å²) >= 11 is 0. The van der Waals surface area contributed by atoms with Crippen LogP contribution in [0.25, 0.3) is 0 Å². The molecule has 18 heavy (non-hydrogen) atoms. The zero-order valence-corrected chi connectivity index (χ0v) is 10.7. The van der Waals surface area contributed by atoms with Crippen LogP contribution in [-0.4, -0.2) is 25.2 Å². The van der Waals surface area contributed by atoms with E-state index in [1.165, 1.54) is 12.8 Å². The molecule has 1 aromatic rings. The normalized spacial score (nSPS) is 16.8. The van der Waals surface area contributed by atoms with Crippen molar-refractivity contribution in [3.05, 3.63) is 35.4 Å². The van der Waals surface area contributed by atoms with Crippen LogP contribution in [0, 0.1) is 11.6 Å². The predicted octanol–water partition coefficient (Wildman–Crippen LogP) is 2.24. The Balaban J connectivity index is 1.68. The second kappa shape index (κ2) is 6.25. The van der Waals surface area contributed by atoms with Crippen molar-refractivity contribution < 1.29 is 8.78 Å². The van der Waals surface area contributed by atoms with Crippen molar-refractivity contribution in [3.63, 3.8) is 0 Å². The van der Waals surface area contributed by atoms with Crippen LogP contribution in [0.4, 0.5) is 8.78 Å². The highest BCUT2D eigenvalue weighted by molar-refractivity contribution is 5.19. The van der Waals surface area contributed by atoms with Gasteiger partial charge < -0.3 is 10.6 Å². The van der Waals surface area contributed by atoms with E-state index in [4.69, 9.17) is 0 Å². The highest BCUT2D eigenvalue weighted by atomic mass is 19.2. The Labute approximate surface area is 107 Å². The molecule has 2 N–H and O–H groups in total. The minimum Gasteiger partial charge on any atom is -0.313 e. The quantitative estimate of drug-likeness (QED) is 0.780. The van der Waals surface area contributed by atoms with Crippen LogP contribution in [-0.2, 0) is 6.42 Å². The zero-order chi connectivity index (χ0) is 13.0. The summed E-state index contributed by atoms with van der Waals surface area (Å²) < 4.78 is 26.3. The van der Waals surface area contributed by atoms with Crippen LogP contribution in [0.2, 0.25) is 0 Å². The Morgan fingerprint density at radius 1 is 1.33 bits per heavy atom. The Hall–Kier alpha value is -1.00. The van der Waals surface area contributed by atoms with Gasteiger partial charge in [0.2, 0.25) is 0 Å². The summed E-state index contributed by atoms with van der Waals surface area (Å²) in [6.07, 6.45) is 3.07. The molecule has 0 amide bonds. The summed E-state index contributed by atoms with van der Waals surface area (Å²) in [5.41, 5.74) is 0.435. The minimum absolute atomic E-state index is 0.349. The van der Waals surface area contributed by atoms with Gasteiger partial charge in [0.15, 0.2) is 11.6 Å². The van der Waals surface area contributed by atoms with Gasteiger partial charge in [-0.25, -0.2) is 8.78 Å². The second-order valence-electron chi connectivity index (χ2n) is 5.00. The van der Waals surface area contributed by atoms with Crippen molar-refractivity contribution in [1.29, 1.82) is 0 Å². The molecule has 1 aliphatic carbocycles. The van der Waals surface area contributed by atoms with Gasteiger partial charge in [0.05, 0.1) is 0 Å². The molecule has 0 bridgehead atoms. The maximum absolute atomic E-state index is 13.4. The average molecular weight is 254 g/mol.